The van der Waals surface area contributed by atoms with Crippen molar-refractivity contribution in [2.24, 2.45) is 0 Å². The fraction of sp³-hybridized carbons (Fsp3) is 0.600. The third-order valence-electron chi connectivity index (χ3n) is 3.60. The van der Waals surface area contributed by atoms with Gasteiger partial charge >= 0.3 is 0 Å². The number of halogens is 1. The summed E-state index contributed by atoms with van der Waals surface area (Å²) < 4.78 is 1.26. The molecule has 0 N–H and O–H groups in total. The van der Waals surface area contributed by atoms with Gasteiger partial charge in [-0.2, -0.15) is 11.8 Å². The van der Waals surface area contributed by atoms with E-state index in [2.05, 4.69) is 63.8 Å². The van der Waals surface area contributed by atoms with E-state index in [4.69, 9.17) is 0 Å². The third-order valence-corrected chi connectivity index (χ3v) is 5.31. The van der Waals surface area contributed by atoms with Crippen LogP contribution in [-0.4, -0.2) is 35.5 Å². The van der Waals surface area contributed by atoms with Crippen molar-refractivity contribution in [3.05, 3.63) is 34.3 Å². The van der Waals surface area contributed by atoms with Crippen molar-refractivity contribution in [1.29, 1.82) is 0 Å². The zero-order valence-corrected chi connectivity index (χ0v) is 13.5. The minimum Gasteiger partial charge on any atom is -0.298 e. The summed E-state index contributed by atoms with van der Waals surface area (Å²) in [7, 11) is 0. The number of hydrogen-bond acceptors (Lipinski definition) is 2. The van der Waals surface area contributed by atoms with Gasteiger partial charge in [0, 0.05) is 35.1 Å². The van der Waals surface area contributed by atoms with Gasteiger partial charge in [-0.25, -0.2) is 0 Å². The molecule has 3 heteroatoms. The van der Waals surface area contributed by atoms with Crippen LogP contribution in [-0.2, 0) is 6.42 Å². The van der Waals surface area contributed by atoms with Crippen molar-refractivity contribution in [2.75, 3.05) is 24.6 Å². The highest BCUT2D eigenvalue weighted by Crippen LogP contribution is 2.23. The quantitative estimate of drug-likeness (QED) is 0.797. The average Bonchev–Trinajstić information content (AvgIpc) is 2.42. The zero-order valence-electron chi connectivity index (χ0n) is 11.1. The van der Waals surface area contributed by atoms with Crippen molar-refractivity contribution in [3.8, 4) is 0 Å². The Balaban J connectivity index is 2.03. The summed E-state index contributed by atoms with van der Waals surface area (Å²) in [6.45, 7) is 4.82. The lowest BCUT2D eigenvalue weighted by molar-refractivity contribution is 0.202. The molecule has 100 valence electrons. The smallest absolute Gasteiger partial charge is 0.0207 e. The molecule has 0 aliphatic carbocycles. The van der Waals surface area contributed by atoms with Crippen molar-refractivity contribution in [2.45, 2.75) is 32.2 Å². The normalized spacial score (nSPS) is 18.8. The maximum Gasteiger partial charge on any atom is 0.0207 e. The van der Waals surface area contributed by atoms with Crippen LogP contribution in [0.3, 0.4) is 0 Å². The molecule has 1 aromatic carbocycles. The molecular formula is C15H22BrNS. The van der Waals surface area contributed by atoms with E-state index < -0.39 is 0 Å². The van der Waals surface area contributed by atoms with E-state index >= 15 is 0 Å². The Morgan fingerprint density at radius 1 is 1.28 bits per heavy atom. The van der Waals surface area contributed by atoms with E-state index in [1.165, 1.54) is 53.9 Å². The van der Waals surface area contributed by atoms with Gasteiger partial charge in [0.1, 0.15) is 0 Å². The lowest BCUT2D eigenvalue weighted by atomic mass is 10.0. The molecule has 0 radical (unpaired) electrons. The first-order chi connectivity index (χ1) is 8.81. The Bertz CT molecular complexity index is 363. The summed E-state index contributed by atoms with van der Waals surface area (Å²) in [5, 5.41) is 0. The van der Waals surface area contributed by atoms with Crippen LogP contribution in [0.15, 0.2) is 28.7 Å². The van der Waals surface area contributed by atoms with Crippen LogP contribution in [0.4, 0.5) is 0 Å². The molecule has 0 amide bonds. The van der Waals surface area contributed by atoms with Crippen LogP contribution >= 0.6 is 27.7 Å². The second-order valence-corrected chi connectivity index (χ2v) is 6.97. The Labute approximate surface area is 123 Å². The highest BCUT2D eigenvalue weighted by molar-refractivity contribution is 9.10. The van der Waals surface area contributed by atoms with Gasteiger partial charge in [-0.05, 0) is 24.5 Å². The lowest BCUT2D eigenvalue weighted by Crippen LogP contribution is -2.42. The molecule has 0 spiro atoms. The van der Waals surface area contributed by atoms with Gasteiger partial charge in [0.2, 0.25) is 0 Å². The van der Waals surface area contributed by atoms with Gasteiger partial charge < -0.3 is 0 Å². The number of rotatable bonds is 5. The second kappa shape index (κ2) is 7.56. The SMILES string of the molecule is CCCC(Cc1ccccc1Br)N1CCSCC1. The predicted octanol–water partition coefficient (Wildman–Crippen LogP) is 4.21. The molecule has 18 heavy (non-hydrogen) atoms. The summed E-state index contributed by atoms with van der Waals surface area (Å²) >= 11 is 5.77. The van der Waals surface area contributed by atoms with E-state index in [0.717, 1.165) is 6.04 Å². The summed E-state index contributed by atoms with van der Waals surface area (Å²) in [4.78, 5) is 2.69. The molecule has 0 bridgehead atoms. The summed E-state index contributed by atoms with van der Waals surface area (Å²) in [6.07, 6.45) is 3.77. The summed E-state index contributed by atoms with van der Waals surface area (Å²) in [5.41, 5.74) is 1.45. The van der Waals surface area contributed by atoms with Crippen molar-refractivity contribution in [3.63, 3.8) is 0 Å². The summed E-state index contributed by atoms with van der Waals surface area (Å²) in [6, 6.07) is 9.37. The lowest BCUT2D eigenvalue weighted by Gasteiger charge is -2.34. The molecular weight excluding hydrogens is 306 g/mol. The number of nitrogens with zero attached hydrogens (tertiary/aromatic N) is 1. The number of thioether (sulfide) groups is 1. The molecule has 2 rings (SSSR count). The Hall–Kier alpha value is 0.01000. The molecule has 1 fully saturated rings. The Morgan fingerprint density at radius 3 is 2.67 bits per heavy atom. The van der Waals surface area contributed by atoms with E-state index in [1.807, 2.05) is 0 Å². The Morgan fingerprint density at radius 2 is 2.00 bits per heavy atom. The van der Waals surface area contributed by atoms with E-state index in [1.54, 1.807) is 0 Å². The molecule has 0 aromatic heterocycles. The second-order valence-electron chi connectivity index (χ2n) is 4.89. The van der Waals surface area contributed by atoms with Crippen LogP contribution in [0.2, 0.25) is 0 Å². The highest BCUT2D eigenvalue weighted by Gasteiger charge is 2.20. The molecule has 1 aliphatic rings. The summed E-state index contributed by atoms with van der Waals surface area (Å²) in [5.74, 6) is 2.60. The van der Waals surface area contributed by atoms with Crippen molar-refractivity contribution >= 4 is 27.7 Å². The fourth-order valence-electron chi connectivity index (χ4n) is 2.61. The first kappa shape index (κ1) is 14.4. The van der Waals surface area contributed by atoms with E-state index in [0.29, 0.717) is 0 Å². The minimum absolute atomic E-state index is 0.717. The monoisotopic (exact) mass is 327 g/mol. The van der Waals surface area contributed by atoms with Crippen LogP contribution in [0.5, 0.6) is 0 Å². The molecule has 1 nitrogen and oxygen atoms in total. The van der Waals surface area contributed by atoms with Crippen LogP contribution in [0.25, 0.3) is 0 Å². The zero-order chi connectivity index (χ0) is 12.8. The molecule has 1 saturated heterocycles. The van der Waals surface area contributed by atoms with Crippen LogP contribution in [0.1, 0.15) is 25.3 Å². The topological polar surface area (TPSA) is 3.24 Å². The average molecular weight is 328 g/mol. The van der Waals surface area contributed by atoms with Gasteiger partial charge in [0.05, 0.1) is 0 Å². The fourth-order valence-corrected chi connectivity index (χ4v) is 3.99. The molecule has 1 aliphatic heterocycles. The van der Waals surface area contributed by atoms with Crippen LogP contribution in [0, 0.1) is 0 Å². The van der Waals surface area contributed by atoms with Crippen molar-refractivity contribution < 1.29 is 0 Å². The van der Waals surface area contributed by atoms with Gasteiger partial charge in [-0.1, -0.05) is 47.5 Å². The van der Waals surface area contributed by atoms with E-state index in [-0.39, 0.29) is 0 Å². The largest absolute Gasteiger partial charge is 0.298 e. The van der Waals surface area contributed by atoms with Gasteiger partial charge in [0.25, 0.3) is 0 Å². The van der Waals surface area contributed by atoms with Crippen molar-refractivity contribution in [1.82, 2.24) is 4.90 Å². The third kappa shape index (κ3) is 4.01. The van der Waals surface area contributed by atoms with Crippen LogP contribution < -0.4 is 0 Å². The maximum atomic E-state index is 3.68. The molecule has 1 aromatic rings. The van der Waals surface area contributed by atoms with Gasteiger partial charge in [0.15, 0.2) is 0 Å². The van der Waals surface area contributed by atoms with Gasteiger partial charge in [-0.3, -0.25) is 4.90 Å². The predicted molar refractivity (Wildman–Crippen MR) is 85.4 cm³/mol. The molecule has 1 heterocycles. The maximum absolute atomic E-state index is 3.68. The first-order valence-electron chi connectivity index (χ1n) is 6.86. The molecule has 1 unspecified atom stereocenters. The Kier molecular flexibility index (Phi) is 6.06. The van der Waals surface area contributed by atoms with E-state index in [9.17, 15) is 0 Å². The molecule has 0 saturated carbocycles. The highest BCUT2D eigenvalue weighted by atomic mass is 79.9. The molecule has 1 atom stereocenters. The first-order valence-corrected chi connectivity index (χ1v) is 8.81. The minimum atomic E-state index is 0.717. The van der Waals surface area contributed by atoms with Gasteiger partial charge in [-0.15, -0.1) is 0 Å². The standard InChI is InChI=1S/C15H22BrNS/c1-2-5-14(17-8-10-18-11-9-17)12-13-6-3-4-7-15(13)16/h3-4,6-7,14H,2,5,8-12H2,1H3. The number of hydrogen-bond donors (Lipinski definition) is 0. The number of benzene rings is 1.